The van der Waals surface area contributed by atoms with Crippen molar-refractivity contribution in [2.45, 2.75) is 0 Å². The fourth-order valence-electron chi connectivity index (χ4n) is 1.45. The molecule has 0 radical (unpaired) electrons. The minimum atomic E-state index is 0.639. The van der Waals surface area contributed by atoms with E-state index in [2.05, 4.69) is 10.5 Å². The number of benzene rings is 2. The highest BCUT2D eigenvalue weighted by molar-refractivity contribution is 6.33. The van der Waals surface area contributed by atoms with Gasteiger partial charge in [-0.3, -0.25) is 5.43 Å². The molecular weight excluding hydrogens is 248 g/mol. The van der Waals surface area contributed by atoms with Crippen LogP contribution in [-0.4, -0.2) is 13.3 Å². The Labute approximate surface area is 111 Å². The average Bonchev–Trinajstić information content (AvgIpc) is 2.41. The highest BCUT2D eigenvalue weighted by Crippen LogP contribution is 2.20. The van der Waals surface area contributed by atoms with E-state index >= 15 is 0 Å². The Morgan fingerprint density at radius 3 is 2.78 bits per heavy atom. The maximum absolute atomic E-state index is 6.00. The first kappa shape index (κ1) is 12.5. The second kappa shape index (κ2) is 6.07. The van der Waals surface area contributed by atoms with Crippen molar-refractivity contribution in [3.05, 3.63) is 59.1 Å². The molecule has 0 saturated carbocycles. The van der Waals surface area contributed by atoms with Crippen molar-refractivity contribution in [3.63, 3.8) is 0 Å². The molecule has 0 saturated heterocycles. The molecule has 0 aliphatic heterocycles. The lowest BCUT2D eigenvalue weighted by molar-refractivity contribution is 0.415. The summed E-state index contributed by atoms with van der Waals surface area (Å²) in [4.78, 5) is 0. The van der Waals surface area contributed by atoms with Crippen molar-refractivity contribution in [1.29, 1.82) is 0 Å². The Balaban J connectivity index is 2.05. The van der Waals surface area contributed by atoms with Crippen molar-refractivity contribution in [1.82, 2.24) is 0 Å². The standard InChI is InChI=1S/C14H13ClN2O/c1-18-12-6-4-5-11(9-12)10-16-17-14-8-3-2-7-13(14)15/h2-10,17H,1H3/b16-10-. The predicted molar refractivity (Wildman–Crippen MR) is 75.7 cm³/mol. The summed E-state index contributed by atoms with van der Waals surface area (Å²) in [5, 5.41) is 4.77. The van der Waals surface area contributed by atoms with Crippen molar-refractivity contribution >= 4 is 23.5 Å². The quantitative estimate of drug-likeness (QED) is 0.670. The smallest absolute Gasteiger partial charge is 0.119 e. The number of anilines is 1. The highest BCUT2D eigenvalue weighted by Gasteiger charge is 1.95. The summed E-state index contributed by atoms with van der Waals surface area (Å²) in [6.07, 6.45) is 1.71. The zero-order valence-electron chi connectivity index (χ0n) is 9.93. The molecule has 3 nitrogen and oxygen atoms in total. The number of para-hydroxylation sites is 1. The van der Waals surface area contributed by atoms with E-state index in [-0.39, 0.29) is 0 Å². The first-order valence-electron chi connectivity index (χ1n) is 5.47. The molecule has 0 unspecified atom stereocenters. The molecule has 2 rings (SSSR count). The van der Waals surface area contributed by atoms with Crippen LogP contribution in [-0.2, 0) is 0 Å². The third kappa shape index (κ3) is 3.25. The molecule has 0 aliphatic carbocycles. The van der Waals surface area contributed by atoms with Crippen LogP contribution in [0, 0.1) is 0 Å². The first-order chi connectivity index (χ1) is 8.79. The van der Waals surface area contributed by atoms with Gasteiger partial charge in [-0.05, 0) is 29.8 Å². The lowest BCUT2D eigenvalue weighted by atomic mass is 10.2. The van der Waals surface area contributed by atoms with E-state index in [4.69, 9.17) is 16.3 Å². The molecule has 0 heterocycles. The van der Waals surface area contributed by atoms with Crippen LogP contribution in [0.1, 0.15) is 5.56 Å². The molecule has 0 bridgehead atoms. The largest absolute Gasteiger partial charge is 0.497 e. The average molecular weight is 261 g/mol. The summed E-state index contributed by atoms with van der Waals surface area (Å²) < 4.78 is 5.14. The van der Waals surface area contributed by atoms with E-state index < -0.39 is 0 Å². The molecular formula is C14H13ClN2O. The number of hydrogen-bond acceptors (Lipinski definition) is 3. The fourth-order valence-corrected chi connectivity index (χ4v) is 1.63. The van der Waals surface area contributed by atoms with E-state index in [1.54, 1.807) is 13.3 Å². The van der Waals surface area contributed by atoms with Gasteiger partial charge in [0, 0.05) is 0 Å². The maximum Gasteiger partial charge on any atom is 0.119 e. The predicted octanol–water partition coefficient (Wildman–Crippen LogP) is 3.79. The van der Waals surface area contributed by atoms with Crippen LogP contribution >= 0.6 is 11.6 Å². The lowest BCUT2D eigenvalue weighted by Crippen LogP contribution is -1.91. The molecule has 92 valence electrons. The molecule has 2 aromatic rings. The summed E-state index contributed by atoms with van der Waals surface area (Å²) >= 11 is 6.00. The van der Waals surface area contributed by atoms with Gasteiger partial charge in [0.05, 0.1) is 24.0 Å². The van der Waals surface area contributed by atoms with Crippen molar-refractivity contribution in [3.8, 4) is 5.75 Å². The molecule has 4 heteroatoms. The number of hydrazone groups is 1. The minimum Gasteiger partial charge on any atom is -0.497 e. The van der Waals surface area contributed by atoms with Gasteiger partial charge < -0.3 is 4.74 Å². The van der Waals surface area contributed by atoms with Crippen LogP contribution in [0.25, 0.3) is 0 Å². The summed E-state index contributed by atoms with van der Waals surface area (Å²) in [6.45, 7) is 0. The van der Waals surface area contributed by atoms with E-state index in [0.29, 0.717) is 5.02 Å². The lowest BCUT2D eigenvalue weighted by Gasteiger charge is -2.02. The van der Waals surface area contributed by atoms with Crippen LogP contribution in [0.4, 0.5) is 5.69 Å². The summed E-state index contributed by atoms with van der Waals surface area (Å²) in [5.74, 6) is 0.802. The van der Waals surface area contributed by atoms with E-state index in [9.17, 15) is 0 Å². The molecule has 0 aliphatic rings. The molecule has 18 heavy (non-hydrogen) atoms. The zero-order chi connectivity index (χ0) is 12.8. The van der Waals surface area contributed by atoms with Crippen molar-refractivity contribution in [2.75, 3.05) is 12.5 Å². The van der Waals surface area contributed by atoms with Gasteiger partial charge in [0.25, 0.3) is 0 Å². The van der Waals surface area contributed by atoms with Crippen LogP contribution in [0.2, 0.25) is 5.02 Å². The molecule has 0 fully saturated rings. The monoisotopic (exact) mass is 260 g/mol. The second-order valence-electron chi connectivity index (χ2n) is 3.63. The van der Waals surface area contributed by atoms with Gasteiger partial charge in [-0.25, -0.2) is 0 Å². The Kier molecular flexibility index (Phi) is 4.20. The summed E-state index contributed by atoms with van der Waals surface area (Å²) in [7, 11) is 1.64. The van der Waals surface area contributed by atoms with Crippen molar-refractivity contribution in [2.24, 2.45) is 5.10 Å². The number of halogens is 1. The molecule has 1 N–H and O–H groups in total. The van der Waals surface area contributed by atoms with E-state index in [1.165, 1.54) is 0 Å². The maximum atomic E-state index is 6.00. The van der Waals surface area contributed by atoms with Gasteiger partial charge in [0.2, 0.25) is 0 Å². The Bertz CT molecular complexity index is 555. The van der Waals surface area contributed by atoms with Crippen molar-refractivity contribution < 1.29 is 4.74 Å². The number of nitrogens with one attached hydrogen (secondary N) is 1. The minimum absolute atomic E-state index is 0.639. The van der Waals surface area contributed by atoms with Crippen LogP contribution in [0.3, 0.4) is 0 Å². The zero-order valence-corrected chi connectivity index (χ0v) is 10.7. The molecule has 2 aromatic carbocycles. The molecule has 0 atom stereocenters. The van der Waals surface area contributed by atoms with Crippen LogP contribution < -0.4 is 10.2 Å². The SMILES string of the molecule is COc1cccc(/C=N\Nc2ccccc2Cl)c1. The van der Waals surface area contributed by atoms with Gasteiger partial charge in [0.15, 0.2) is 0 Å². The Morgan fingerprint density at radius 1 is 1.17 bits per heavy atom. The Morgan fingerprint density at radius 2 is 2.00 bits per heavy atom. The van der Waals surface area contributed by atoms with Gasteiger partial charge >= 0.3 is 0 Å². The van der Waals surface area contributed by atoms with Gasteiger partial charge in [-0.1, -0.05) is 35.9 Å². The fraction of sp³-hybridized carbons (Fsp3) is 0.0714. The third-order valence-electron chi connectivity index (χ3n) is 2.37. The van der Waals surface area contributed by atoms with E-state index in [0.717, 1.165) is 17.0 Å². The van der Waals surface area contributed by atoms with Gasteiger partial charge in [-0.15, -0.1) is 0 Å². The molecule has 0 aromatic heterocycles. The number of rotatable bonds is 4. The number of methoxy groups -OCH3 is 1. The topological polar surface area (TPSA) is 33.6 Å². The second-order valence-corrected chi connectivity index (χ2v) is 4.03. The summed E-state index contributed by atoms with van der Waals surface area (Å²) in [5.41, 5.74) is 4.62. The first-order valence-corrected chi connectivity index (χ1v) is 5.85. The summed E-state index contributed by atoms with van der Waals surface area (Å²) in [6, 6.07) is 15.1. The van der Waals surface area contributed by atoms with Crippen LogP contribution in [0.5, 0.6) is 5.75 Å². The highest BCUT2D eigenvalue weighted by atomic mass is 35.5. The van der Waals surface area contributed by atoms with Crippen LogP contribution in [0.15, 0.2) is 53.6 Å². The van der Waals surface area contributed by atoms with Gasteiger partial charge in [-0.2, -0.15) is 5.10 Å². The third-order valence-corrected chi connectivity index (χ3v) is 2.70. The Hall–Kier alpha value is -2.00. The number of nitrogens with zero attached hydrogens (tertiary/aromatic N) is 1. The molecule has 0 amide bonds. The normalized spacial score (nSPS) is 10.6. The number of hydrogen-bond donors (Lipinski definition) is 1. The van der Waals surface area contributed by atoms with Gasteiger partial charge in [0.1, 0.15) is 5.75 Å². The number of ether oxygens (including phenoxy) is 1. The van der Waals surface area contributed by atoms with E-state index in [1.807, 2.05) is 48.5 Å². The molecule has 0 spiro atoms.